The van der Waals surface area contributed by atoms with Gasteiger partial charge in [-0.2, -0.15) is 0 Å². The molecule has 1 atom stereocenters. The highest BCUT2D eigenvalue weighted by Gasteiger charge is 2.42. The topological polar surface area (TPSA) is 58.6 Å². The van der Waals surface area contributed by atoms with Crippen molar-refractivity contribution in [2.45, 2.75) is 83.7 Å². The zero-order valence-corrected chi connectivity index (χ0v) is 26.5. The lowest BCUT2D eigenvalue weighted by molar-refractivity contribution is -0.121. The summed E-state index contributed by atoms with van der Waals surface area (Å²) in [6.45, 7) is 12.3. The third-order valence-corrected chi connectivity index (χ3v) is 9.00. The Morgan fingerprint density at radius 3 is 2.16 bits per heavy atom. The van der Waals surface area contributed by atoms with Crippen molar-refractivity contribution >= 4 is 11.8 Å². The summed E-state index contributed by atoms with van der Waals surface area (Å²) in [5, 5.41) is 3.08. The Kier molecular flexibility index (Phi) is 9.15. The summed E-state index contributed by atoms with van der Waals surface area (Å²) in [4.78, 5) is 28.1. The molecule has 2 aliphatic heterocycles. The van der Waals surface area contributed by atoms with Crippen LogP contribution in [0, 0.1) is 17.6 Å². The Hall–Kier alpha value is -3.74. The molecule has 0 aromatic heterocycles. The van der Waals surface area contributed by atoms with Crippen molar-refractivity contribution in [3.63, 3.8) is 0 Å². The van der Waals surface area contributed by atoms with Gasteiger partial charge >= 0.3 is 0 Å². The molecule has 7 heteroatoms. The summed E-state index contributed by atoms with van der Waals surface area (Å²) in [6, 6.07) is 16.8. The molecule has 1 N–H and O–H groups in total. The Morgan fingerprint density at radius 2 is 1.59 bits per heavy atom. The van der Waals surface area contributed by atoms with Crippen LogP contribution in [0.4, 0.5) is 8.78 Å². The van der Waals surface area contributed by atoms with Crippen LogP contribution in [0.2, 0.25) is 0 Å². The first-order valence-electron chi connectivity index (χ1n) is 15.8. The van der Waals surface area contributed by atoms with E-state index in [4.69, 9.17) is 4.74 Å². The van der Waals surface area contributed by atoms with Crippen molar-refractivity contribution in [3.05, 3.63) is 100 Å². The van der Waals surface area contributed by atoms with Gasteiger partial charge in [0.05, 0.1) is 0 Å². The van der Waals surface area contributed by atoms with Gasteiger partial charge in [0.2, 0.25) is 5.91 Å². The predicted molar refractivity (Wildman–Crippen MR) is 169 cm³/mol. The second kappa shape index (κ2) is 12.7. The van der Waals surface area contributed by atoms with Gasteiger partial charge in [0.15, 0.2) is 0 Å². The normalized spacial score (nSPS) is 17.2. The standard InChI is InChI=1S/C37H44F2N2O3/c1-36(2,3)31-20-27(21-32-34(31)44-37(32,4)5)35(43)41-19-18-24(23-41)22-40-33(42)9-7-6-8-30(25-10-14-28(38)15-11-25)26-12-16-29(39)17-13-26/h10-17,20-21,24,30H,6-9,18-19,22-23H2,1-5H3,(H,40,42). The number of fused-ring (bicyclic) bond motifs is 1. The first kappa shape index (κ1) is 31.7. The fraction of sp³-hybridized carbons (Fsp3) is 0.459. The first-order chi connectivity index (χ1) is 20.8. The van der Waals surface area contributed by atoms with E-state index in [1.807, 2.05) is 30.9 Å². The number of hydrogen-bond donors (Lipinski definition) is 1. The monoisotopic (exact) mass is 602 g/mol. The lowest BCUT2D eigenvalue weighted by atomic mass is 9.78. The fourth-order valence-corrected chi connectivity index (χ4v) is 6.39. The minimum Gasteiger partial charge on any atom is -0.482 e. The quantitative estimate of drug-likeness (QED) is 0.240. The maximum atomic E-state index is 13.5. The Balaban J connectivity index is 1.10. The van der Waals surface area contributed by atoms with E-state index in [0.717, 1.165) is 47.3 Å². The number of amides is 2. The third-order valence-electron chi connectivity index (χ3n) is 9.00. The van der Waals surface area contributed by atoms with E-state index >= 15 is 0 Å². The van der Waals surface area contributed by atoms with Crippen LogP contribution in [0.3, 0.4) is 0 Å². The van der Waals surface area contributed by atoms with Crippen molar-refractivity contribution in [3.8, 4) is 5.75 Å². The minimum absolute atomic E-state index is 0.000593. The Bertz CT molecular complexity index is 1450. The van der Waals surface area contributed by atoms with E-state index in [-0.39, 0.29) is 40.7 Å². The van der Waals surface area contributed by atoms with Gasteiger partial charge in [-0.25, -0.2) is 8.78 Å². The highest BCUT2D eigenvalue weighted by Crippen LogP contribution is 2.50. The van der Waals surface area contributed by atoms with Gasteiger partial charge in [0, 0.05) is 48.7 Å². The molecule has 234 valence electrons. The molecule has 2 aliphatic rings. The molecule has 5 nitrogen and oxygen atoms in total. The SMILES string of the molecule is CC(C)(C)c1cc(C(=O)N2CCC(CNC(=O)CCCCC(c3ccc(F)cc3)c3ccc(F)cc3)C2)cc2c1OC2(C)C. The second-order valence-corrected chi connectivity index (χ2v) is 13.9. The summed E-state index contributed by atoms with van der Waals surface area (Å²) in [5.41, 5.74) is 4.25. The molecule has 5 rings (SSSR count). The lowest BCUT2D eigenvalue weighted by Crippen LogP contribution is -2.39. The van der Waals surface area contributed by atoms with E-state index in [9.17, 15) is 18.4 Å². The smallest absolute Gasteiger partial charge is 0.253 e. The summed E-state index contributed by atoms with van der Waals surface area (Å²) >= 11 is 0. The fourth-order valence-electron chi connectivity index (χ4n) is 6.39. The van der Waals surface area contributed by atoms with E-state index in [1.54, 1.807) is 24.3 Å². The van der Waals surface area contributed by atoms with Gasteiger partial charge in [0.1, 0.15) is 23.0 Å². The zero-order chi connectivity index (χ0) is 31.6. The molecule has 0 bridgehead atoms. The summed E-state index contributed by atoms with van der Waals surface area (Å²) < 4.78 is 33.1. The van der Waals surface area contributed by atoms with Crippen LogP contribution in [0.15, 0.2) is 60.7 Å². The van der Waals surface area contributed by atoms with Crippen molar-refractivity contribution in [1.82, 2.24) is 10.2 Å². The molecular formula is C37H44F2N2O3. The number of nitrogens with one attached hydrogen (secondary N) is 1. The van der Waals surface area contributed by atoms with Crippen LogP contribution < -0.4 is 10.1 Å². The van der Waals surface area contributed by atoms with Crippen molar-refractivity contribution in [2.24, 2.45) is 5.92 Å². The first-order valence-corrected chi connectivity index (χ1v) is 15.8. The van der Waals surface area contributed by atoms with E-state index < -0.39 is 5.60 Å². The van der Waals surface area contributed by atoms with Gasteiger partial charge < -0.3 is 15.0 Å². The summed E-state index contributed by atoms with van der Waals surface area (Å²) in [6.07, 6.45) is 3.56. The molecule has 44 heavy (non-hydrogen) atoms. The molecule has 1 fully saturated rings. The molecule has 0 spiro atoms. The number of carbonyl (C=O) groups is 2. The average molecular weight is 603 g/mol. The number of unbranched alkanes of at least 4 members (excludes halogenated alkanes) is 1. The molecular weight excluding hydrogens is 558 g/mol. The second-order valence-electron chi connectivity index (χ2n) is 13.9. The largest absolute Gasteiger partial charge is 0.482 e. The number of ether oxygens (including phenoxy) is 1. The van der Waals surface area contributed by atoms with E-state index in [1.165, 1.54) is 24.3 Å². The number of hydrogen-bond acceptors (Lipinski definition) is 3. The van der Waals surface area contributed by atoms with E-state index in [2.05, 4.69) is 26.1 Å². The number of likely N-dealkylation sites (tertiary alicyclic amines) is 1. The van der Waals surface area contributed by atoms with Crippen molar-refractivity contribution < 1.29 is 23.1 Å². The molecule has 1 saturated heterocycles. The molecule has 0 radical (unpaired) electrons. The maximum Gasteiger partial charge on any atom is 0.253 e. The number of benzene rings is 3. The van der Waals surface area contributed by atoms with Crippen LogP contribution in [-0.2, 0) is 15.8 Å². The maximum absolute atomic E-state index is 13.5. The molecule has 2 amide bonds. The predicted octanol–water partition coefficient (Wildman–Crippen LogP) is 7.86. The van der Waals surface area contributed by atoms with Crippen LogP contribution in [0.25, 0.3) is 0 Å². The van der Waals surface area contributed by atoms with Crippen LogP contribution in [0.1, 0.15) is 105 Å². The number of rotatable bonds is 10. The Morgan fingerprint density at radius 1 is 0.977 bits per heavy atom. The molecule has 2 heterocycles. The van der Waals surface area contributed by atoms with E-state index in [0.29, 0.717) is 38.0 Å². The zero-order valence-electron chi connectivity index (χ0n) is 26.5. The van der Waals surface area contributed by atoms with Crippen LogP contribution >= 0.6 is 0 Å². The highest BCUT2D eigenvalue weighted by molar-refractivity contribution is 5.95. The summed E-state index contributed by atoms with van der Waals surface area (Å²) in [7, 11) is 0. The van der Waals surface area contributed by atoms with Gasteiger partial charge in [0.25, 0.3) is 5.91 Å². The number of nitrogens with zero attached hydrogens (tertiary/aromatic N) is 1. The van der Waals surface area contributed by atoms with Crippen molar-refractivity contribution in [2.75, 3.05) is 19.6 Å². The molecule has 1 unspecified atom stereocenters. The number of halogens is 2. The number of carbonyl (C=O) groups excluding carboxylic acids is 2. The molecule has 3 aromatic carbocycles. The molecule has 0 aliphatic carbocycles. The van der Waals surface area contributed by atoms with Gasteiger partial charge in [-0.05, 0) is 92.0 Å². The third kappa shape index (κ3) is 7.14. The van der Waals surface area contributed by atoms with Gasteiger partial charge in [-0.1, -0.05) is 51.5 Å². The van der Waals surface area contributed by atoms with Crippen molar-refractivity contribution in [1.29, 1.82) is 0 Å². The minimum atomic E-state index is -0.397. The lowest BCUT2D eigenvalue weighted by Gasteiger charge is -2.42. The average Bonchev–Trinajstić information content (AvgIpc) is 3.45. The highest BCUT2D eigenvalue weighted by atomic mass is 19.1. The Labute approximate surface area is 260 Å². The summed E-state index contributed by atoms with van der Waals surface area (Å²) in [5.74, 6) is 0.584. The van der Waals surface area contributed by atoms with Gasteiger partial charge in [-0.3, -0.25) is 9.59 Å². The molecule has 3 aromatic rings. The van der Waals surface area contributed by atoms with Crippen LogP contribution in [0.5, 0.6) is 5.75 Å². The van der Waals surface area contributed by atoms with Crippen LogP contribution in [-0.4, -0.2) is 36.3 Å². The molecule has 0 saturated carbocycles. The van der Waals surface area contributed by atoms with Gasteiger partial charge in [-0.15, -0.1) is 0 Å².